The minimum absolute atomic E-state index is 0.0197. The van der Waals surface area contributed by atoms with Crippen molar-refractivity contribution in [1.29, 1.82) is 0 Å². The molecule has 0 N–H and O–H groups in total. The molecule has 0 heterocycles. The zero-order valence-corrected chi connectivity index (χ0v) is 9.48. The summed E-state index contributed by atoms with van der Waals surface area (Å²) in [6.07, 6.45) is 1.78. The molecule has 0 spiro atoms. The summed E-state index contributed by atoms with van der Waals surface area (Å²) in [5, 5.41) is 0. The van der Waals surface area contributed by atoms with E-state index in [9.17, 15) is 0 Å². The van der Waals surface area contributed by atoms with Crippen molar-refractivity contribution in [3.63, 3.8) is 0 Å². The fourth-order valence-corrected chi connectivity index (χ4v) is 0.440. The molecule has 0 atom stereocenters. The minimum atomic E-state index is -0.0197. The monoisotopic (exact) mass is 172 g/mol. The lowest BCUT2D eigenvalue weighted by atomic mass is 9.95. The van der Waals surface area contributed by atoms with Gasteiger partial charge in [-0.05, 0) is 19.8 Å². The Kier molecular flexibility index (Phi) is 8.73. The Hall–Kier alpha value is -0.300. The van der Waals surface area contributed by atoms with E-state index in [-0.39, 0.29) is 5.60 Å². The maximum atomic E-state index is 5.52. The molecule has 0 aromatic rings. The van der Waals surface area contributed by atoms with Crippen LogP contribution in [-0.2, 0) is 4.74 Å². The van der Waals surface area contributed by atoms with Crippen molar-refractivity contribution in [3.8, 4) is 0 Å². The summed E-state index contributed by atoms with van der Waals surface area (Å²) in [7, 11) is 0. The van der Waals surface area contributed by atoms with Gasteiger partial charge in [0.25, 0.3) is 0 Å². The summed E-state index contributed by atoms with van der Waals surface area (Å²) < 4.78 is 5.52. The summed E-state index contributed by atoms with van der Waals surface area (Å²) >= 11 is 0. The number of rotatable bonds is 4. The molecule has 0 saturated carbocycles. The van der Waals surface area contributed by atoms with E-state index in [4.69, 9.17) is 4.74 Å². The van der Waals surface area contributed by atoms with Crippen molar-refractivity contribution in [2.24, 2.45) is 5.92 Å². The van der Waals surface area contributed by atoms with Gasteiger partial charge in [0.1, 0.15) is 0 Å². The Bertz CT molecular complexity index is 104. The summed E-state index contributed by atoms with van der Waals surface area (Å²) in [6, 6.07) is 0. The molecular weight excluding hydrogens is 148 g/mol. The van der Waals surface area contributed by atoms with Gasteiger partial charge >= 0.3 is 0 Å². The second kappa shape index (κ2) is 7.35. The topological polar surface area (TPSA) is 9.23 Å². The van der Waals surface area contributed by atoms with E-state index in [0.29, 0.717) is 12.5 Å². The molecule has 74 valence electrons. The summed E-state index contributed by atoms with van der Waals surface area (Å²) in [5.74, 6) is 0.549. The highest BCUT2D eigenvalue weighted by Crippen LogP contribution is 2.19. The summed E-state index contributed by atoms with van der Waals surface area (Å²) in [5.41, 5.74) is -0.0197. The summed E-state index contributed by atoms with van der Waals surface area (Å²) in [4.78, 5) is 0. The number of hydrogen-bond acceptors (Lipinski definition) is 1. The first-order chi connectivity index (χ1) is 5.50. The van der Waals surface area contributed by atoms with Crippen molar-refractivity contribution in [1.82, 2.24) is 0 Å². The first kappa shape index (κ1) is 14.2. The van der Waals surface area contributed by atoms with Crippen LogP contribution in [0.3, 0.4) is 0 Å². The smallest absolute Gasteiger partial charge is 0.0653 e. The van der Waals surface area contributed by atoms with Crippen LogP contribution in [0.4, 0.5) is 0 Å². The molecule has 0 aliphatic carbocycles. The van der Waals surface area contributed by atoms with Crippen LogP contribution in [0.2, 0.25) is 0 Å². The Morgan fingerprint density at radius 3 is 2.00 bits per heavy atom. The predicted octanol–water partition coefficient (Wildman–Crippen LogP) is 3.65. The third-order valence-corrected chi connectivity index (χ3v) is 1.96. The van der Waals surface area contributed by atoms with Crippen LogP contribution in [0.25, 0.3) is 0 Å². The molecule has 0 aromatic carbocycles. The highest BCUT2D eigenvalue weighted by atomic mass is 16.5. The van der Waals surface area contributed by atoms with Crippen molar-refractivity contribution < 1.29 is 4.74 Å². The van der Waals surface area contributed by atoms with Gasteiger partial charge in [-0.15, -0.1) is 6.58 Å². The van der Waals surface area contributed by atoms with E-state index in [2.05, 4.69) is 34.3 Å². The fraction of sp³-hybridized carbons (Fsp3) is 0.818. The van der Waals surface area contributed by atoms with Gasteiger partial charge in [0.2, 0.25) is 0 Å². The fourth-order valence-electron chi connectivity index (χ4n) is 0.440. The molecular formula is C11H24O. The second-order valence-corrected chi connectivity index (χ2v) is 3.36. The molecule has 0 unspecified atom stereocenters. The molecule has 0 aromatic heterocycles. The maximum absolute atomic E-state index is 5.52. The molecule has 0 amide bonds. The maximum Gasteiger partial charge on any atom is 0.0653 e. The van der Waals surface area contributed by atoms with Gasteiger partial charge in [-0.1, -0.05) is 33.8 Å². The third-order valence-electron chi connectivity index (χ3n) is 1.96. The average Bonchev–Trinajstić information content (AvgIpc) is 2.04. The molecule has 0 rings (SSSR count). The minimum Gasteiger partial charge on any atom is -0.371 e. The van der Waals surface area contributed by atoms with E-state index >= 15 is 0 Å². The normalized spacial score (nSPS) is 10.6. The van der Waals surface area contributed by atoms with Gasteiger partial charge < -0.3 is 4.74 Å². The van der Waals surface area contributed by atoms with Gasteiger partial charge in [-0.25, -0.2) is 0 Å². The third kappa shape index (κ3) is 6.41. The quantitative estimate of drug-likeness (QED) is 0.588. The van der Waals surface area contributed by atoms with Crippen molar-refractivity contribution in [2.75, 3.05) is 6.61 Å². The zero-order valence-electron chi connectivity index (χ0n) is 9.48. The lowest BCUT2D eigenvalue weighted by Crippen LogP contribution is -2.30. The van der Waals surface area contributed by atoms with E-state index in [0.717, 1.165) is 0 Å². The Balaban J connectivity index is 0. The van der Waals surface area contributed by atoms with Gasteiger partial charge in [0, 0.05) is 0 Å². The molecule has 0 aliphatic rings. The molecule has 0 radical (unpaired) electrons. The van der Waals surface area contributed by atoms with Crippen LogP contribution < -0.4 is 0 Å². The summed E-state index contributed by atoms with van der Waals surface area (Å²) in [6.45, 7) is 16.8. The van der Waals surface area contributed by atoms with Crippen molar-refractivity contribution in [3.05, 3.63) is 12.7 Å². The van der Waals surface area contributed by atoms with E-state index in [1.165, 1.54) is 0 Å². The van der Waals surface area contributed by atoms with Gasteiger partial charge in [0.15, 0.2) is 0 Å². The molecule has 0 bridgehead atoms. The van der Waals surface area contributed by atoms with Gasteiger partial charge in [-0.3, -0.25) is 0 Å². The SMILES string of the molecule is C=CCOC(C)(C)C(C)C.CC. The Morgan fingerprint density at radius 1 is 1.33 bits per heavy atom. The van der Waals surface area contributed by atoms with Crippen LogP contribution >= 0.6 is 0 Å². The first-order valence-corrected chi connectivity index (χ1v) is 4.75. The zero-order chi connectivity index (χ0) is 10.2. The average molecular weight is 172 g/mol. The molecule has 0 saturated heterocycles. The van der Waals surface area contributed by atoms with Crippen LogP contribution in [0, 0.1) is 5.92 Å². The Labute approximate surface area is 77.8 Å². The van der Waals surface area contributed by atoms with E-state index in [1.54, 1.807) is 6.08 Å². The molecule has 0 aliphatic heterocycles. The van der Waals surface area contributed by atoms with Crippen LogP contribution in [0.15, 0.2) is 12.7 Å². The molecule has 0 fully saturated rings. The predicted molar refractivity (Wildman–Crippen MR) is 56.4 cm³/mol. The Morgan fingerprint density at radius 2 is 1.75 bits per heavy atom. The molecule has 1 nitrogen and oxygen atoms in total. The van der Waals surface area contributed by atoms with Crippen molar-refractivity contribution in [2.45, 2.75) is 47.1 Å². The lowest BCUT2D eigenvalue weighted by molar-refractivity contribution is -0.0358. The van der Waals surface area contributed by atoms with E-state index < -0.39 is 0 Å². The standard InChI is InChI=1S/C9H18O.C2H6/c1-6-7-10-9(4,5)8(2)3;1-2/h6,8H,1,7H2,2-5H3;1-2H3. The van der Waals surface area contributed by atoms with Gasteiger partial charge in [-0.2, -0.15) is 0 Å². The van der Waals surface area contributed by atoms with Crippen molar-refractivity contribution >= 4 is 0 Å². The van der Waals surface area contributed by atoms with Crippen LogP contribution in [0.5, 0.6) is 0 Å². The highest BCUT2D eigenvalue weighted by Gasteiger charge is 2.21. The first-order valence-electron chi connectivity index (χ1n) is 4.75. The largest absolute Gasteiger partial charge is 0.371 e. The van der Waals surface area contributed by atoms with E-state index in [1.807, 2.05) is 13.8 Å². The van der Waals surface area contributed by atoms with Crippen LogP contribution in [-0.4, -0.2) is 12.2 Å². The lowest BCUT2D eigenvalue weighted by Gasteiger charge is -2.28. The highest BCUT2D eigenvalue weighted by molar-refractivity contribution is 4.75. The number of ether oxygens (including phenoxy) is 1. The molecule has 12 heavy (non-hydrogen) atoms. The van der Waals surface area contributed by atoms with Crippen LogP contribution in [0.1, 0.15) is 41.5 Å². The number of hydrogen-bond donors (Lipinski definition) is 0. The second-order valence-electron chi connectivity index (χ2n) is 3.36. The molecule has 1 heteroatoms. The van der Waals surface area contributed by atoms with Gasteiger partial charge in [0.05, 0.1) is 12.2 Å².